The van der Waals surface area contributed by atoms with E-state index in [9.17, 15) is 14.7 Å². The van der Waals surface area contributed by atoms with E-state index < -0.39 is 11.9 Å². The Labute approximate surface area is 143 Å². The number of piperazine rings is 1. The van der Waals surface area contributed by atoms with Crippen molar-refractivity contribution in [1.82, 2.24) is 9.80 Å². The second-order valence-electron chi connectivity index (χ2n) is 6.92. The molecule has 0 spiro atoms. The SMILES string of the molecule is O=C(O)[C@H]1CCCC[C@@H]1C(=O)N1CCN(Cc2ccccc2)CC1. The Morgan fingerprint density at radius 2 is 1.58 bits per heavy atom. The van der Waals surface area contributed by atoms with E-state index in [-0.39, 0.29) is 11.8 Å². The summed E-state index contributed by atoms with van der Waals surface area (Å²) in [4.78, 5) is 28.4. The standard InChI is InChI=1S/C19H26N2O3/c22-18(16-8-4-5-9-17(16)19(23)24)21-12-10-20(11-13-21)14-15-6-2-1-3-7-15/h1-3,6-7,16-17H,4-5,8-14H2,(H,23,24)/t16-,17-/m0/s1. The molecule has 24 heavy (non-hydrogen) atoms. The molecule has 1 aliphatic heterocycles. The summed E-state index contributed by atoms with van der Waals surface area (Å²) in [5.41, 5.74) is 1.29. The monoisotopic (exact) mass is 330 g/mol. The van der Waals surface area contributed by atoms with Gasteiger partial charge in [-0.1, -0.05) is 43.2 Å². The number of carbonyl (C=O) groups excluding carboxylic acids is 1. The third-order valence-corrected chi connectivity index (χ3v) is 5.33. The van der Waals surface area contributed by atoms with Crippen molar-refractivity contribution in [2.24, 2.45) is 11.8 Å². The van der Waals surface area contributed by atoms with Gasteiger partial charge in [0, 0.05) is 32.7 Å². The summed E-state index contributed by atoms with van der Waals surface area (Å²) >= 11 is 0. The van der Waals surface area contributed by atoms with Crippen LogP contribution in [0.25, 0.3) is 0 Å². The highest BCUT2D eigenvalue weighted by Gasteiger charge is 2.38. The molecule has 5 nitrogen and oxygen atoms in total. The molecule has 5 heteroatoms. The van der Waals surface area contributed by atoms with E-state index in [1.807, 2.05) is 23.1 Å². The zero-order valence-corrected chi connectivity index (χ0v) is 14.1. The van der Waals surface area contributed by atoms with Crippen LogP contribution in [0.4, 0.5) is 0 Å². The molecule has 0 radical (unpaired) electrons. The van der Waals surface area contributed by atoms with Crippen LogP contribution < -0.4 is 0 Å². The fourth-order valence-electron chi connectivity index (χ4n) is 3.92. The summed E-state index contributed by atoms with van der Waals surface area (Å²) in [6, 6.07) is 10.4. The maximum absolute atomic E-state index is 12.8. The summed E-state index contributed by atoms with van der Waals surface area (Å²) in [7, 11) is 0. The van der Waals surface area contributed by atoms with Crippen molar-refractivity contribution >= 4 is 11.9 Å². The van der Waals surface area contributed by atoms with Crippen LogP contribution in [-0.2, 0) is 16.1 Å². The molecule has 1 aliphatic carbocycles. The molecule has 1 heterocycles. The first kappa shape index (κ1) is 17.0. The van der Waals surface area contributed by atoms with Gasteiger partial charge in [0.15, 0.2) is 0 Å². The van der Waals surface area contributed by atoms with Gasteiger partial charge in [-0.15, -0.1) is 0 Å². The number of carbonyl (C=O) groups is 2. The number of hydrogen-bond acceptors (Lipinski definition) is 3. The summed E-state index contributed by atoms with van der Waals surface area (Å²) in [5.74, 6) is -1.57. The average molecular weight is 330 g/mol. The number of carboxylic acid groups (broad SMARTS) is 1. The fourth-order valence-corrected chi connectivity index (χ4v) is 3.92. The molecule has 0 aromatic heterocycles. The van der Waals surface area contributed by atoms with Crippen LogP contribution in [0, 0.1) is 11.8 Å². The maximum atomic E-state index is 12.8. The van der Waals surface area contributed by atoms with Crippen molar-refractivity contribution in [2.75, 3.05) is 26.2 Å². The van der Waals surface area contributed by atoms with Crippen molar-refractivity contribution < 1.29 is 14.7 Å². The lowest BCUT2D eigenvalue weighted by molar-refractivity contribution is -0.153. The van der Waals surface area contributed by atoms with E-state index in [4.69, 9.17) is 0 Å². The predicted octanol–water partition coefficient (Wildman–Crippen LogP) is 2.22. The van der Waals surface area contributed by atoms with Gasteiger partial charge in [-0.05, 0) is 18.4 Å². The molecule has 2 fully saturated rings. The Balaban J connectivity index is 1.54. The third kappa shape index (κ3) is 3.96. The normalized spacial score (nSPS) is 25.4. The second-order valence-corrected chi connectivity index (χ2v) is 6.92. The summed E-state index contributed by atoms with van der Waals surface area (Å²) in [5, 5.41) is 9.38. The topological polar surface area (TPSA) is 60.9 Å². The van der Waals surface area contributed by atoms with Crippen LogP contribution in [0.5, 0.6) is 0 Å². The lowest BCUT2D eigenvalue weighted by Crippen LogP contribution is -2.51. The zero-order valence-electron chi connectivity index (χ0n) is 14.1. The lowest BCUT2D eigenvalue weighted by Gasteiger charge is -2.38. The summed E-state index contributed by atoms with van der Waals surface area (Å²) in [6.07, 6.45) is 3.25. The number of hydrogen-bond donors (Lipinski definition) is 1. The van der Waals surface area contributed by atoms with Gasteiger partial charge in [-0.3, -0.25) is 14.5 Å². The number of carboxylic acids is 1. The van der Waals surface area contributed by atoms with Gasteiger partial charge in [-0.2, -0.15) is 0 Å². The van der Waals surface area contributed by atoms with Crippen LogP contribution in [0.15, 0.2) is 30.3 Å². The van der Waals surface area contributed by atoms with Crippen LogP contribution in [0.2, 0.25) is 0 Å². The Morgan fingerprint density at radius 1 is 0.958 bits per heavy atom. The second kappa shape index (κ2) is 7.79. The number of benzene rings is 1. The smallest absolute Gasteiger partial charge is 0.307 e. The van der Waals surface area contributed by atoms with Crippen molar-refractivity contribution in [3.8, 4) is 0 Å². The van der Waals surface area contributed by atoms with Gasteiger partial charge in [0.25, 0.3) is 0 Å². The third-order valence-electron chi connectivity index (χ3n) is 5.33. The van der Waals surface area contributed by atoms with Gasteiger partial charge in [0.2, 0.25) is 5.91 Å². The minimum absolute atomic E-state index is 0.0569. The highest BCUT2D eigenvalue weighted by Crippen LogP contribution is 2.32. The molecule has 1 aromatic carbocycles. The van der Waals surface area contributed by atoms with Gasteiger partial charge >= 0.3 is 5.97 Å². The largest absolute Gasteiger partial charge is 0.481 e. The average Bonchev–Trinajstić information content (AvgIpc) is 2.62. The molecule has 0 bridgehead atoms. The van der Waals surface area contributed by atoms with E-state index in [0.717, 1.165) is 38.9 Å². The van der Waals surface area contributed by atoms with E-state index in [0.29, 0.717) is 19.5 Å². The number of rotatable bonds is 4. The molecule has 1 aromatic rings. The molecular weight excluding hydrogens is 304 g/mol. The molecule has 2 atom stereocenters. The van der Waals surface area contributed by atoms with Crippen molar-refractivity contribution in [2.45, 2.75) is 32.2 Å². The van der Waals surface area contributed by atoms with E-state index in [1.54, 1.807) is 0 Å². The van der Waals surface area contributed by atoms with Crippen LogP contribution in [-0.4, -0.2) is 53.0 Å². The van der Waals surface area contributed by atoms with E-state index >= 15 is 0 Å². The summed E-state index contributed by atoms with van der Waals surface area (Å²) < 4.78 is 0. The first-order chi connectivity index (χ1) is 11.6. The highest BCUT2D eigenvalue weighted by atomic mass is 16.4. The molecule has 2 aliphatic rings. The zero-order chi connectivity index (χ0) is 16.9. The van der Waals surface area contributed by atoms with Gasteiger partial charge in [0.05, 0.1) is 11.8 Å². The Bertz CT molecular complexity index is 567. The van der Waals surface area contributed by atoms with Crippen LogP contribution in [0.1, 0.15) is 31.2 Å². The van der Waals surface area contributed by atoms with Crippen LogP contribution in [0.3, 0.4) is 0 Å². The van der Waals surface area contributed by atoms with E-state index in [2.05, 4.69) is 17.0 Å². The molecule has 1 amide bonds. The molecule has 3 rings (SSSR count). The van der Waals surface area contributed by atoms with Gasteiger partial charge < -0.3 is 10.0 Å². The first-order valence-corrected chi connectivity index (χ1v) is 8.93. The number of nitrogens with zero attached hydrogens (tertiary/aromatic N) is 2. The lowest BCUT2D eigenvalue weighted by atomic mass is 9.78. The highest BCUT2D eigenvalue weighted by molar-refractivity contribution is 5.85. The number of aliphatic carboxylic acids is 1. The van der Waals surface area contributed by atoms with Crippen molar-refractivity contribution in [3.05, 3.63) is 35.9 Å². The first-order valence-electron chi connectivity index (χ1n) is 8.93. The quantitative estimate of drug-likeness (QED) is 0.919. The molecule has 1 N–H and O–H groups in total. The van der Waals surface area contributed by atoms with E-state index in [1.165, 1.54) is 5.56 Å². The Kier molecular flexibility index (Phi) is 5.51. The van der Waals surface area contributed by atoms with Crippen molar-refractivity contribution in [1.29, 1.82) is 0 Å². The van der Waals surface area contributed by atoms with Crippen molar-refractivity contribution in [3.63, 3.8) is 0 Å². The maximum Gasteiger partial charge on any atom is 0.307 e. The molecule has 130 valence electrons. The molecule has 1 saturated heterocycles. The molecule has 1 saturated carbocycles. The molecule has 0 unspecified atom stereocenters. The van der Waals surface area contributed by atoms with Crippen LogP contribution >= 0.6 is 0 Å². The Morgan fingerprint density at radius 3 is 2.21 bits per heavy atom. The molecular formula is C19H26N2O3. The predicted molar refractivity (Wildman–Crippen MR) is 91.4 cm³/mol. The minimum Gasteiger partial charge on any atom is -0.481 e. The number of amides is 1. The summed E-state index contributed by atoms with van der Waals surface area (Å²) in [6.45, 7) is 4.02. The van der Waals surface area contributed by atoms with Gasteiger partial charge in [0.1, 0.15) is 0 Å². The minimum atomic E-state index is -0.809. The van der Waals surface area contributed by atoms with Gasteiger partial charge in [-0.25, -0.2) is 0 Å². The Hall–Kier alpha value is -1.88. The fraction of sp³-hybridized carbons (Fsp3) is 0.579.